The van der Waals surface area contributed by atoms with Gasteiger partial charge < -0.3 is 35.0 Å². The molecule has 4 N–H and O–H groups in total. The van der Waals surface area contributed by atoms with Crippen LogP contribution in [0.2, 0.25) is 0 Å². The van der Waals surface area contributed by atoms with E-state index in [4.69, 9.17) is 19.4 Å². The van der Waals surface area contributed by atoms with E-state index in [1.54, 1.807) is 0 Å². The van der Waals surface area contributed by atoms with E-state index >= 15 is 0 Å². The number of nitrogens with zero attached hydrogens (tertiary/aromatic N) is 3. The van der Waals surface area contributed by atoms with E-state index in [2.05, 4.69) is 62.8 Å². The largest absolute Gasteiger partial charge is 0.453 e. The van der Waals surface area contributed by atoms with Crippen LogP contribution in [0.25, 0.3) is 32.8 Å². The number of alkyl carbamates (subject to hydrolysis) is 1. The Labute approximate surface area is 288 Å². The molecule has 0 spiro atoms. The van der Waals surface area contributed by atoms with Crippen LogP contribution in [0.3, 0.4) is 0 Å². The van der Waals surface area contributed by atoms with Crippen LogP contribution in [-0.4, -0.2) is 75.3 Å². The molecule has 3 aromatic carbocycles. The van der Waals surface area contributed by atoms with Crippen LogP contribution in [-0.2, 0) is 14.3 Å². The Morgan fingerprint density at radius 3 is 2.56 bits per heavy atom. The van der Waals surface area contributed by atoms with Crippen molar-refractivity contribution in [2.45, 2.75) is 68.7 Å². The number of H-pyrrole nitrogens is 2. The van der Waals surface area contributed by atoms with Gasteiger partial charge >= 0.3 is 6.09 Å². The van der Waals surface area contributed by atoms with Crippen molar-refractivity contribution in [1.82, 2.24) is 35.5 Å². The maximum Gasteiger partial charge on any atom is 0.407 e. The zero-order valence-corrected chi connectivity index (χ0v) is 27.9. The standard InChI is InChI=1S/C39H39N7O4/c1-49-39(48)45-34(22-10-12-50-13-11-22)38(47)46-32-18-25(32)19-33(46)37-42-28-9-6-23-14-20(4-7-26(23)35(28)44-37)2-3-21-5-8-27-30(15-21)43-36(41-27)31-17-24-16-29(24)40-31/h4-9,14-15,22,24-25,29,31-34,40H,10-13,16-19H2,1H3,(H,41,43)(H,42,44)(H,45,48)/t24-,25-,29-,31+,32-,33+,34+/m1/s1. The normalized spacial score (nSPS) is 27.5. The number of benzene rings is 3. The number of ether oxygens (including phenoxy) is 2. The van der Waals surface area contributed by atoms with Gasteiger partial charge in [0.2, 0.25) is 5.91 Å². The SMILES string of the molecule is COC(=O)N[C@H](C(=O)N1[C@@H]2C[C@@H]2C[C@H]1c1nc2c(ccc3cc(C#Cc4ccc5nc([C@@H]6C[C@H]7C[C@H]7N6)[nH]c5c4)ccc32)[nH]1)C1CCOCC1. The Morgan fingerprint density at radius 2 is 1.74 bits per heavy atom. The zero-order chi connectivity index (χ0) is 33.5. The summed E-state index contributed by atoms with van der Waals surface area (Å²) in [6.45, 7) is 1.16. The summed E-state index contributed by atoms with van der Waals surface area (Å²) < 4.78 is 10.5. The van der Waals surface area contributed by atoms with Crippen LogP contribution < -0.4 is 10.6 Å². The minimum absolute atomic E-state index is 0.00326. The molecule has 2 amide bonds. The third-order valence-electron chi connectivity index (χ3n) is 11.7. The van der Waals surface area contributed by atoms with Gasteiger partial charge in [-0.1, -0.05) is 24.0 Å². The van der Waals surface area contributed by atoms with Crippen LogP contribution in [0.1, 0.15) is 73.4 Å². The fourth-order valence-electron chi connectivity index (χ4n) is 8.80. The van der Waals surface area contributed by atoms with E-state index in [0.29, 0.717) is 31.2 Å². The molecule has 5 heterocycles. The third-order valence-corrected chi connectivity index (χ3v) is 11.7. The molecule has 50 heavy (non-hydrogen) atoms. The molecule has 2 aliphatic carbocycles. The number of rotatable bonds is 5. The summed E-state index contributed by atoms with van der Waals surface area (Å²) >= 11 is 0. The van der Waals surface area contributed by atoms with Gasteiger partial charge in [-0.25, -0.2) is 14.8 Å². The molecule has 5 fully saturated rings. The Bertz CT molecular complexity index is 2230. The van der Waals surface area contributed by atoms with E-state index in [1.165, 1.54) is 13.5 Å². The smallest absolute Gasteiger partial charge is 0.407 e. The average molecular weight is 670 g/mol. The maximum absolute atomic E-state index is 14.2. The zero-order valence-electron chi connectivity index (χ0n) is 27.9. The lowest BCUT2D eigenvalue weighted by molar-refractivity contribution is -0.138. The first kappa shape index (κ1) is 29.9. The van der Waals surface area contributed by atoms with Crippen LogP contribution in [0.5, 0.6) is 0 Å². The third kappa shape index (κ3) is 5.20. The van der Waals surface area contributed by atoms with E-state index in [0.717, 1.165) is 93.6 Å². The second-order valence-corrected chi connectivity index (χ2v) is 14.8. The van der Waals surface area contributed by atoms with E-state index in [9.17, 15) is 9.59 Å². The molecule has 5 aliphatic rings. The number of hydrogen-bond donors (Lipinski definition) is 4. The van der Waals surface area contributed by atoms with E-state index in [-0.39, 0.29) is 23.9 Å². The molecule has 0 radical (unpaired) electrons. The lowest BCUT2D eigenvalue weighted by Gasteiger charge is -2.35. The Hall–Kier alpha value is -4.92. The number of amides is 2. The highest BCUT2D eigenvalue weighted by molar-refractivity contribution is 6.04. The number of likely N-dealkylation sites (tertiary alicyclic amines) is 1. The summed E-state index contributed by atoms with van der Waals surface area (Å²) in [5.74, 6) is 9.73. The molecule has 3 aliphatic heterocycles. The monoisotopic (exact) mass is 669 g/mol. The summed E-state index contributed by atoms with van der Waals surface area (Å²) in [5.41, 5.74) is 5.68. The van der Waals surface area contributed by atoms with Crippen LogP contribution >= 0.6 is 0 Å². The van der Waals surface area contributed by atoms with Crippen LogP contribution in [0.4, 0.5) is 4.79 Å². The molecular weight excluding hydrogens is 630 g/mol. The van der Waals surface area contributed by atoms with Gasteiger partial charge in [-0.3, -0.25) is 4.79 Å². The first-order valence-electron chi connectivity index (χ1n) is 17.9. The van der Waals surface area contributed by atoms with Crippen molar-refractivity contribution in [3.05, 3.63) is 71.3 Å². The number of aromatic nitrogens is 4. The number of piperidine rings is 2. The van der Waals surface area contributed by atoms with Gasteiger partial charge in [0, 0.05) is 41.8 Å². The van der Waals surface area contributed by atoms with Crippen molar-refractivity contribution in [3.63, 3.8) is 0 Å². The number of methoxy groups -OCH3 is 1. The number of fused-ring (bicyclic) bond motifs is 6. The molecule has 2 aromatic heterocycles. The van der Waals surface area contributed by atoms with Crippen molar-refractivity contribution in [2.24, 2.45) is 17.8 Å². The Morgan fingerprint density at radius 1 is 0.920 bits per heavy atom. The highest BCUT2D eigenvalue weighted by Crippen LogP contribution is 2.54. The number of hydrogen-bond acceptors (Lipinski definition) is 7. The maximum atomic E-state index is 14.2. The average Bonchev–Trinajstić information content (AvgIpc) is 3.75. The number of nitrogens with one attached hydrogen (secondary N) is 4. The summed E-state index contributed by atoms with van der Waals surface area (Å²) in [7, 11) is 1.33. The van der Waals surface area contributed by atoms with Gasteiger partial charge in [-0.05, 0) is 98.1 Å². The molecule has 10 rings (SSSR count). The molecule has 5 aromatic rings. The lowest BCUT2D eigenvalue weighted by Crippen LogP contribution is -2.54. The molecule has 2 saturated carbocycles. The summed E-state index contributed by atoms with van der Waals surface area (Å²) in [6.07, 6.45) is 5.17. The van der Waals surface area contributed by atoms with Gasteiger partial charge in [0.15, 0.2) is 0 Å². The number of imidazole rings is 2. The van der Waals surface area contributed by atoms with Crippen LogP contribution in [0.15, 0.2) is 48.5 Å². The fraction of sp³-hybridized carbons (Fsp3) is 0.436. The first-order valence-corrected chi connectivity index (χ1v) is 17.9. The second-order valence-electron chi connectivity index (χ2n) is 14.8. The van der Waals surface area contributed by atoms with Crippen molar-refractivity contribution in [2.75, 3.05) is 20.3 Å². The van der Waals surface area contributed by atoms with Gasteiger partial charge in [-0.2, -0.15) is 0 Å². The fourth-order valence-corrected chi connectivity index (χ4v) is 8.80. The van der Waals surface area contributed by atoms with Gasteiger partial charge in [0.05, 0.1) is 41.3 Å². The van der Waals surface area contributed by atoms with Crippen molar-refractivity contribution in [3.8, 4) is 11.8 Å². The topological polar surface area (TPSA) is 137 Å². The van der Waals surface area contributed by atoms with Crippen LogP contribution in [0, 0.1) is 29.6 Å². The Balaban J connectivity index is 0.905. The molecule has 11 heteroatoms. The molecule has 0 bridgehead atoms. The van der Waals surface area contributed by atoms with Crippen molar-refractivity contribution >= 4 is 44.8 Å². The van der Waals surface area contributed by atoms with E-state index in [1.807, 2.05) is 23.1 Å². The molecule has 3 saturated heterocycles. The summed E-state index contributed by atoms with van der Waals surface area (Å²) in [4.78, 5) is 45.6. The Kier molecular flexibility index (Phi) is 6.93. The molecule has 7 atom stereocenters. The second kappa shape index (κ2) is 11.6. The van der Waals surface area contributed by atoms with E-state index < -0.39 is 12.1 Å². The lowest BCUT2D eigenvalue weighted by atomic mass is 9.90. The minimum Gasteiger partial charge on any atom is -0.453 e. The molecule has 11 nitrogen and oxygen atoms in total. The summed E-state index contributed by atoms with van der Waals surface area (Å²) in [5, 5.41) is 8.64. The van der Waals surface area contributed by atoms with Gasteiger partial charge in [0.25, 0.3) is 0 Å². The van der Waals surface area contributed by atoms with Gasteiger partial charge in [-0.15, -0.1) is 0 Å². The molecular formula is C39H39N7O4. The first-order chi connectivity index (χ1) is 24.5. The highest BCUT2D eigenvalue weighted by Gasteiger charge is 2.56. The van der Waals surface area contributed by atoms with Gasteiger partial charge in [0.1, 0.15) is 17.7 Å². The number of aromatic amines is 2. The summed E-state index contributed by atoms with van der Waals surface area (Å²) in [6, 6.07) is 16.9. The quantitative estimate of drug-likeness (QED) is 0.188. The highest BCUT2D eigenvalue weighted by atomic mass is 16.5. The number of carbonyl (C=O) groups excluding carboxylic acids is 2. The van der Waals surface area contributed by atoms with Crippen molar-refractivity contribution in [1.29, 1.82) is 0 Å². The molecule has 254 valence electrons. The number of carbonyl (C=O) groups is 2. The predicted molar refractivity (Wildman–Crippen MR) is 187 cm³/mol. The molecule has 0 unspecified atom stereocenters. The van der Waals surface area contributed by atoms with Crippen molar-refractivity contribution < 1.29 is 19.1 Å². The minimum atomic E-state index is -0.656. The predicted octanol–water partition coefficient (Wildman–Crippen LogP) is 5.23.